The number of nitrogens with zero attached hydrogens (tertiary/aromatic N) is 2. The van der Waals surface area contributed by atoms with Gasteiger partial charge in [0.25, 0.3) is 11.3 Å². The maximum Gasteiger partial charge on any atom is 0.416 e. The fourth-order valence-corrected chi connectivity index (χ4v) is 3.57. The van der Waals surface area contributed by atoms with E-state index in [4.69, 9.17) is 0 Å². The molecule has 4 aromatic rings. The Balaban J connectivity index is 1.79. The first-order chi connectivity index (χ1) is 14.3. The number of pyridine rings is 1. The third kappa shape index (κ3) is 3.63. The molecule has 0 atom stereocenters. The molecule has 1 amide bonds. The van der Waals surface area contributed by atoms with Crippen LogP contribution in [0.3, 0.4) is 0 Å². The number of carbonyl (C=O) groups is 1. The van der Waals surface area contributed by atoms with E-state index in [2.05, 4.69) is 17.9 Å². The molecule has 0 spiro atoms. The molecule has 0 saturated carbocycles. The number of carbonyl (C=O) groups excluding carboxylic acids is 1. The molecule has 0 bridgehead atoms. The highest BCUT2D eigenvalue weighted by Crippen LogP contribution is 2.31. The number of thiol groups is 1. The van der Waals surface area contributed by atoms with Crippen LogP contribution in [0.4, 0.5) is 23.2 Å². The topological polar surface area (TPSA) is 38.1 Å². The maximum absolute atomic E-state index is 13.3. The lowest BCUT2D eigenvalue weighted by Gasteiger charge is -2.09. The van der Waals surface area contributed by atoms with Gasteiger partial charge in [0.2, 0.25) is 5.03 Å². The van der Waals surface area contributed by atoms with Gasteiger partial charge in [-0.2, -0.15) is 22.1 Å². The van der Waals surface area contributed by atoms with E-state index >= 15 is 0 Å². The largest absolute Gasteiger partial charge is 0.416 e. The molecule has 1 N–H and O–H groups in total. The van der Waals surface area contributed by atoms with Crippen LogP contribution in [0.1, 0.15) is 16.1 Å². The van der Waals surface area contributed by atoms with E-state index in [0.717, 1.165) is 12.1 Å². The number of rotatable bonds is 3. The van der Waals surface area contributed by atoms with Gasteiger partial charge in [0, 0.05) is 11.8 Å². The first kappa shape index (κ1) is 20.0. The second kappa shape index (κ2) is 7.49. The number of anilines is 1. The smallest absolute Gasteiger partial charge is 0.319 e. The van der Waals surface area contributed by atoms with Crippen LogP contribution in [0.25, 0.3) is 11.3 Å². The first-order valence-corrected chi connectivity index (χ1v) is 9.19. The van der Waals surface area contributed by atoms with Crippen LogP contribution in [0.15, 0.2) is 78.0 Å². The number of amides is 1. The summed E-state index contributed by atoms with van der Waals surface area (Å²) in [6, 6.07) is 15.2. The van der Waals surface area contributed by atoms with Crippen LogP contribution in [0.2, 0.25) is 0 Å². The molecule has 9 heteroatoms. The molecule has 0 aliphatic rings. The van der Waals surface area contributed by atoms with Crippen molar-refractivity contribution in [2.24, 2.45) is 0 Å². The van der Waals surface area contributed by atoms with Gasteiger partial charge < -0.3 is 5.32 Å². The highest BCUT2D eigenvalue weighted by Gasteiger charge is 2.32. The van der Waals surface area contributed by atoms with Crippen LogP contribution in [0.5, 0.6) is 0 Å². The van der Waals surface area contributed by atoms with Crippen molar-refractivity contribution >= 4 is 29.9 Å². The average molecular weight is 432 g/mol. The number of hydrogen-bond acceptors (Lipinski definition) is 2. The highest BCUT2D eigenvalue weighted by molar-refractivity contribution is 7.80. The normalized spacial score (nSPS) is 11.6. The zero-order chi connectivity index (χ0) is 21.5. The molecule has 0 aliphatic carbocycles. The van der Waals surface area contributed by atoms with Crippen molar-refractivity contribution in [2.45, 2.75) is 11.2 Å². The predicted octanol–water partition coefficient (Wildman–Crippen LogP) is 4.91. The zero-order valence-electron chi connectivity index (χ0n) is 15.2. The Labute approximate surface area is 173 Å². The molecular weight excluding hydrogens is 418 g/mol. The summed E-state index contributed by atoms with van der Waals surface area (Å²) in [5.74, 6) is -1.05. The van der Waals surface area contributed by atoms with E-state index in [1.165, 1.54) is 36.4 Å². The van der Waals surface area contributed by atoms with Crippen molar-refractivity contribution in [1.82, 2.24) is 4.57 Å². The third-order valence-corrected chi connectivity index (χ3v) is 4.89. The van der Waals surface area contributed by atoms with Gasteiger partial charge in [0.05, 0.1) is 11.8 Å². The summed E-state index contributed by atoms with van der Waals surface area (Å²) in [5, 5.41) is 2.74. The lowest BCUT2D eigenvalue weighted by atomic mass is 10.2. The first-order valence-electron chi connectivity index (χ1n) is 8.74. The van der Waals surface area contributed by atoms with Crippen LogP contribution in [-0.4, -0.2) is 10.5 Å². The summed E-state index contributed by atoms with van der Waals surface area (Å²) in [6.07, 6.45) is -2.89. The predicted molar refractivity (Wildman–Crippen MR) is 106 cm³/mol. The number of nitrogens with one attached hydrogen (secondary N) is 1. The lowest BCUT2D eigenvalue weighted by Crippen LogP contribution is -2.30. The monoisotopic (exact) mass is 432 g/mol. The second-order valence-corrected chi connectivity index (χ2v) is 6.87. The van der Waals surface area contributed by atoms with Crippen molar-refractivity contribution in [1.29, 1.82) is 0 Å². The van der Waals surface area contributed by atoms with E-state index in [0.29, 0.717) is 11.3 Å². The Kier molecular flexibility index (Phi) is 4.98. The molecule has 2 aromatic heterocycles. The van der Waals surface area contributed by atoms with Gasteiger partial charge in [-0.1, -0.05) is 24.8 Å². The molecule has 0 unspecified atom stereocenters. The number of fused-ring (bicyclic) bond motifs is 1. The quantitative estimate of drug-likeness (QED) is 0.269. The molecule has 152 valence electrons. The van der Waals surface area contributed by atoms with E-state index in [9.17, 15) is 22.4 Å². The minimum Gasteiger partial charge on any atom is -0.319 e. The van der Waals surface area contributed by atoms with Crippen LogP contribution >= 0.6 is 12.6 Å². The number of imidazole rings is 1. The van der Waals surface area contributed by atoms with Crippen molar-refractivity contribution < 1.29 is 26.8 Å². The molecule has 2 heterocycles. The standard InChI is InChI=1S/C21H13F4N3OS/c22-14-7-9-16(10-8-14)28-17-6-1-2-11-27(17)18(20(28)30)19(29)26-15-5-3-4-13(12-15)21(23,24)25/h1-12H,(H-,26,29,30)/p+1. The summed E-state index contributed by atoms with van der Waals surface area (Å²) >= 11 is 4.49. The Morgan fingerprint density at radius 3 is 2.43 bits per heavy atom. The zero-order valence-corrected chi connectivity index (χ0v) is 16.1. The van der Waals surface area contributed by atoms with Gasteiger partial charge in [-0.05, 0) is 48.5 Å². The molecule has 2 aromatic carbocycles. The summed E-state index contributed by atoms with van der Waals surface area (Å²) in [5.41, 5.74) is 0.400. The maximum atomic E-state index is 13.3. The molecule has 0 saturated heterocycles. The molecule has 4 nitrogen and oxygen atoms in total. The molecular formula is C21H14F4N3OS+. The van der Waals surface area contributed by atoms with Crippen LogP contribution in [0, 0.1) is 5.82 Å². The van der Waals surface area contributed by atoms with Gasteiger partial charge in [0.15, 0.2) is 0 Å². The molecule has 30 heavy (non-hydrogen) atoms. The Hall–Kier alpha value is -3.33. The number of halogens is 4. The van der Waals surface area contributed by atoms with Crippen LogP contribution in [-0.2, 0) is 6.18 Å². The fraction of sp³-hybridized carbons (Fsp3) is 0.0476. The number of hydrogen-bond donors (Lipinski definition) is 2. The summed E-state index contributed by atoms with van der Waals surface area (Å²) in [4.78, 5) is 13.0. The average Bonchev–Trinajstić information content (AvgIpc) is 3.00. The van der Waals surface area contributed by atoms with E-state index in [-0.39, 0.29) is 16.4 Å². The minimum atomic E-state index is -4.52. The van der Waals surface area contributed by atoms with Gasteiger partial charge in [0.1, 0.15) is 11.5 Å². The molecule has 4 rings (SSSR count). The fourth-order valence-electron chi connectivity index (χ4n) is 3.15. The Bertz CT molecular complexity index is 1250. The van der Waals surface area contributed by atoms with Crippen molar-refractivity contribution in [3.05, 3.63) is 90.0 Å². The lowest BCUT2D eigenvalue weighted by molar-refractivity contribution is -0.514. The van der Waals surface area contributed by atoms with Crippen molar-refractivity contribution in [3.63, 3.8) is 0 Å². The Morgan fingerprint density at radius 1 is 1.00 bits per heavy atom. The summed E-state index contributed by atoms with van der Waals surface area (Å²) < 4.78 is 55.4. The molecule has 0 aliphatic heterocycles. The SMILES string of the molecule is O=C(Nc1cccc(C(F)(F)F)c1)c1c(S)n(-c2ccc(F)cc2)c2cccc[n+]12. The van der Waals surface area contributed by atoms with E-state index < -0.39 is 23.5 Å². The third-order valence-electron chi connectivity index (χ3n) is 4.48. The molecule has 0 radical (unpaired) electrons. The highest BCUT2D eigenvalue weighted by atomic mass is 32.1. The van der Waals surface area contributed by atoms with Gasteiger partial charge in [-0.3, -0.25) is 4.79 Å². The van der Waals surface area contributed by atoms with E-state index in [1.54, 1.807) is 33.4 Å². The van der Waals surface area contributed by atoms with Gasteiger partial charge >= 0.3 is 12.1 Å². The summed E-state index contributed by atoms with van der Waals surface area (Å²) in [6.45, 7) is 0. The van der Waals surface area contributed by atoms with Crippen LogP contribution < -0.4 is 9.72 Å². The number of benzene rings is 2. The van der Waals surface area contributed by atoms with E-state index in [1.807, 2.05) is 0 Å². The minimum absolute atomic E-state index is 0.00164. The summed E-state index contributed by atoms with van der Waals surface area (Å²) in [7, 11) is 0. The Morgan fingerprint density at radius 2 is 1.73 bits per heavy atom. The second-order valence-electron chi connectivity index (χ2n) is 6.45. The van der Waals surface area contributed by atoms with Gasteiger partial charge in [-0.15, -0.1) is 0 Å². The molecule has 0 fully saturated rings. The van der Waals surface area contributed by atoms with Crippen molar-refractivity contribution in [3.8, 4) is 5.69 Å². The number of alkyl halides is 3. The number of aromatic nitrogens is 2. The van der Waals surface area contributed by atoms with Crippen molar-refractivity contribution in [2.75, 3.05) is 5.32 Å². The van der Waals surface area contributed by atoms with Gasteiger partial charge in [-0.25, -0.2) is 4.39 Å².